The van der Waals surface area contributed by atoms with Crippen LogP contribution >= 0.6 is 0 Å². The van der Waals surface area contributed by atoms with Gasteiger partial charge in [0.15, 0.2) is 9.84 Å². The van der Waals surface area contributed by atoms with Gasteiger partial charge in [0.2, 0.25) is 5.56 Å². The highest BCUT2D eigenvalue weighted by molar-refractivity contribution is 7.90. The maximum Gasteiger partial charge on any atom is 0.272 e. The van der Waals surface area contributed by atoms with Gasteiger partial charge in [0, 0.05) is 12.3 Å². The van der Waals surface area contributed by atoms with Gasteiger partial charge in [0.05, 0.1) is 10.6 Å². The number of anilines is 1. The van der Waals surface area contributed by atoms with Gasteiger partial charge in [0.25, 0.3) is 5.91 Å². The van der Waals surface area contributed by atoms with Crippen LogP contribution in [-0.4, -0.2) is 25.6 Å². The van der Waals surface area contributed by atoms with E-state index in [2.05, 4.69) is 10.3 Å². The van der Waals surface area contributed by atoms with Crippen molar-refractivity contribution in [2.75, 3.05) is 11.6 Å². The summed E-state index contributed by atoms with van der Waals surface area (Å²) in [7, 11) is -3.53. The van der Waals surface area contributed by atoms with E-state index in [4.69, 9.17) is 0 Å². The van der Waals surface area contributed by atoms with Crippen LogP contribution in [0, 0.1) is 5.82 Å². The summed E-state index contributed by atoms with van der Waals surface area (Å²) in [5.74, 6) is -1.54. The number of pyridine rings is 1. The van der Waals surface area contributed by atoms with Crippen LogP contribution in [0.4, 0.5) is 10.1 Å². The molecule has 0 saturated heterocycles. The lowest BCUT2D eigenvalue weighted by molar-refractivity contribution is 0.102. The molecule has 0 bridgehead atoms. The van der Waals surface area contributed by atoms with Crippen LogP contribution in [0.25, 0.3) is 0 Å². The fourth-order valence-corrected chi connectivity index (χ4v) is 2.25. The van der Waals surface area contributed by atoms with E-state index in [1.54, 1.807) is 0 Å². The van der Waals surface area contributed by atoms with Crippen molar-refractivity contribution < 1.29 is 17.6 Å². The summed E-state index contributed by atoms with van der Waals surface area (Å²) in [5, 5.41) is 2.22. The minimum atomic E-state index is -3.53. The second-order valence-corrected chi connectivity index (χ2v) is 6.31. The van der Waals surface area contributed by atoms with Crippen LogP contribution < -0.4 is 10.9 Å². The maximum absolute atomic E-state index is 13.6. The van der Waals surface area contributed by atoms with Gasteiger partial charge in [0.1, 0.15) is 11.5 Å². The summed E-state index contributed by atoms with van der Waals surface area (Å²) in [4.78, 5) is 25.2. The van der Waals surface area contributed by atoms with Crippen molar-refractivity contribution in [3.05, 3.63) is 58.3 Å². The van der Waals surface area contributed by atoms with Crippen molar-refractivity contribution >= 4 is 21.4 Å². The van der Waals surface area contributed by atoms with Crippen LogP contribution in [0.2, 0.25) is 0 Å². The summed E-state index contributed by atoms with van der Waals surface area (Å²) in [6.07, 6.45) is 0.973. The molecule has 21 heavy (non-hydrogen) atoms. The van der Waals surface area contributed by atoms with Gasteiger partial charge in [-0.05, 0) is 24.3 Å². The summed E-state index contributed by atoms with van der Waals surface area (Å²) in [5.41, 5.74) is -0.827. The van der Waals surface area contributed by atoms with E-state index >= 15 is 0 Å². The lowest BCUT2D eigenvalue weighted by Crippen LogP contribution is -2.18. The van der Waals surface area contributed by atoms with Gasteiger partial charge in [-0.25, -0.2) is 12.8 Å². The molecular weight excluding hydrogens is 299 g/mol. The second kappa shape index (κ2) is 5.49. The first-order chi connectivity index (χ1) is 9.77. The van der Waals surface area contributed by atoms with Crippen LogP contribution in [0.3, 0.4) is 0 Å². The molecule has 0 radical (unpaired) electrons. The molecule has 1 heterocycles. The molecule has 6 nitrogen and oxygen atoms in total. The molecule has 0 aliphatic heterocycles. The Morgan fingerprint density at radius 2 is 1.95 bits per heavy atom. The Morgan fingerprint density at radius 1 is 1.24 bits per heavy atom. The first-order valence-corrected chi connectivity index (χ1v) is 7.67. The van der Waals surface area contributed by atoms with Gasteiger partial charge in [-0.15, -0.1) is 0 Å². The van der Waals surface area contributed by atoms with Gasteiger partial charge < -0.3 is 10.3 Å². The number of sulfone groups is 1. The number of rotatable bonds is 3. The Bertz CT molecular complexity index is 858. The number of carbonyl (C=O) groups is 1. The van der Waals surface area contributed by atoms with Crippen molar-refractivity contribution in [3.8, 4) is 0 Å². The SMILES string of the molecule is CS(=O)(=O)c1ccc(F)c(NC(=O)c2cccc(=O)[nH]2)c1. The van der Waals surface area contributed by atoms with E-state index in [1.807, 2.05) is 0 Å². The van der Waals surface area contributed by atoms with Crippen molar-refractivity contribution in [1.82, 2.24) is 4.98 Å². The summed E-state index contributed by atoms with van der Waals surface area (Å²) < 4.78 is 36.5. The van der Waals surface area contributed by atoms with Gasteiger partial charge >= 0.3 is 0 Å². The highest BCUT2D eigenvalue weighted by Gasteiger charge is 2.14. The Morgan fingerprint density at radius 3 is 2.57 bits per heavy atom. The third kappa shape index (κ3) is 3.54. The summed E-state index contributed by atoms with van der Waals surface area (Å²) in [6.45, 7) is 0. The molecule has 2 rings (SSSR count). The number of H-pyrrole nitrogens is 1. The fraction of sp³-hybridized carbons (Fsp3) is 0.0769. The predicted octanol–water partition coefficient (Wildman–Crippen LogP) is 1.17. The second-order valence-electron chi connectivity index (χ2n) is 4.30. The number of aromatic amines is 1. The zero-order chi connectivity index (χ0) is 15.6. The number of hydrogen-bond donors (Lipinski definition) is 2. The summed E-state index contributed by atoms with van der Waals surface area (Å²) in [6, 6.07) is 7.00. The highest BCUT2D eigenvalue weighted by Crippen LogP contribution is 2.20. The van der Waals surface area contributed by atoms with Crippen molar-refractivity contribution in [2.24, 2.45) is 0 Å². The smallest absolute Gasteiger partial charge is 0.272 e. The molecule has 0 atom stereocenters. The van der Waals surface area contributed by atoms with Crippen molar-refractivity contribution in [2.45, 2.75) is 4.90 Å². The molecule has 0 unspecified atom stereocenters. The molecule has 8 heteroatoms. The Hall–Kier alpha value is -2.48. The quantitative estimate of drug-likeness (QED) is 0.832. The Balaban J connectivity index is 2.35. The predicted molar refractivity (Wildman–Crippen MR) is 74.5 cm³/mol. The molecule has 0 fully saturated rings. The van der Waals surface area contributed by atoms with E-state index < -0.39 is 27.1 Å². The van der Waals surface area contributed by atoms with Crippen LogP contribution in [0.1, 0.15) is 10.5 Å². The average Bonchev–Trinajstić information content (AvgIpc) is 2.40. The molecule has 110 valence electrons. The average molecular weight is 310 g/mol. The number of amides is 1. The van der Waals surface area contributed by atoms with Crippen molar-refractivity contribution in [1.29, 1.82) is 0 Å². The highest BCUT2D eigenvalue weighted by atomic mass is 32.2. The third-order valence-electron chi connectivity index (χ3n) is 2.63. The molecule has 1 aromatic carbocycles. The van der Waals surface area contributed by atoms with Gasteiger partial charge in [-0.3, -0.25) is 9.59 Å². The molecule has 0 aliphatic rings. The normalized spacial score (nSPS) is 11.1. The number of hydrogen-bond acceptors (Lipinski definition) is 4. The van der Waals surface area contributed by atoms with Crippen LogP contribution in [-0.2, 0) is 9.84 Å². The molecule has 1 aromatic heterocycles. The standard InChI is InChI=1S/C13H11FN2O4S/c1-21(19,20)8-5-6-9(14)11(7-8)16-13(18)10-3-2-4-12(17)15-10/h2-7H,1H3,(H,15,17)(H,16,18). The lowest BCUT2D eigenvalue weighted by atomic mass is 10.3. The fourth-order valence-electron chi connectivity index (χ4n) is 1.60. The number of nitrogens with one attached hydrogen (secondary N) is 2. The topological polar surface area (TPSA) is 96.1 Å². The Labute approximate surface area is 119 Å². The van der Waals surface area contributed by atoms with E-state index in [9.17, 15) is 22.4 Å². The molecule has 0 spiro atoms. The number of halogens is 1. The van der Waals surface area contributed by atoms with E-state index in [0.717, 1.165) is 24.5 Å². The zero-order valence-electron chi connectivity index (χ0n) is 10.9. The minimum Gasteiger partial charge on any atom is -0.318 e. The van der Waals surface area contributed by atoms with Crippen LogP contribution in [0.5, 0.6) is 0 Å². The first-order valence-electron chi connectivity index (χ1n) is 5.77. The molecule has 2 N–H and O–H groups in total. The first kappa shape index (κ1) is 14.9. The van der Waals surface area contributed by atoms with Gasteiger partial charge in [-0.2, -0.15) is 0 Å². The monoisotopic (exact) mass is 310 g/mol. The molecule has 2 aromatic rings. The lowest BCUT2D eigenvalue weighted by Gasteiger charge is -2.08. The maximum atomic E-state index is 13.6. The molecule has 1 amide bonds. The van der Waals surface area contributed by atoms with Crippen LogP contribution in [0.15, 0.2) is 46.1 Å². The molecular formula is C13H11FN2O4S. The molecule has 0 saturated carbocycles. The van der Waals surface area contributed by atoms with E-state index in [-0.39, 0.29) is 16.3 Å². The van der Waals surface area contributed by atoms with E-state index in [1.165, 1.54) is 18.2 Å². The van der Waals surface area contributed by atoms with Gasteiger partial charge in [-0.1, -0.05) is 6.07 Å². The van der Waals surface area contributed by atoms with Crippen molar-refractivity contribution in [3.63, 3.8) is 0 Å². The summed E-state index contributed by atoms with van der Waals surface area (Å²) >= 11 is 0. The molecule has 0 aliphatic carbocycles. The Kier molecular flexibility index (Phi) is 3.90. The van der Waals surface area contributed by atoms with E-state index in [0.29, 0.717) is 0 Å². The third-order valence-corrected chi connectivity index (χ3v) is 3.74. The minimum absolute atomic E-state index is 0.0633. The number of aromatic nitrogens is 1. The number of carbonyl (C=O) groups excluding carboxylic acids is 1. The zero-order valence-corrected chi connectivity index (χ0v) is 11.7. The largest absolute Gasteiger partial charge is 0.318 e. The number of benzene rings is 1.